The SMILES string of the molecule is O=C(Nc1ccccc1C(F)(F)F)N1CCN(Cc2ccc3c(c2)OCO3)CC1. The van der Waals surface area contributed by atoms with Gasteiger partial charge in [-0.25, -0.2) is 4.79 Å². The van der Waals surface area contributed by atoms with Gasteiger partial charge in [0.25, 0.3) is 0 Å². The molecule has 0 bridgehead atoms. The molecule has 1 saturated heterocycles. The summed E-state index contributed by atoms with van der Waals surface area (Å²) in [5, 5.41) is 2.40. The molecule has 0 saturated carbocycles. The van der Waals surface area contributed by atoms with Crippen LogP contribution in [0.25, 0.3) is 0 Å². The number of anilines is 1. The fourth-order valence-electron chi connectivity index (χ4n) is 3.44. The van der Waals surface area contributed by atoms with Crippen LogP contribution in [-0.2, 0) is 12.7 Å². The molecule has 2 heterocycles. The molecule has 0 unspecified atom stereocenters. The number of benzene rings is 2. The van der Waals surface area contributed by atoms with Crippen molar-refractivity contribution in [1.82, 2.24) is 9.80 Å². The van der Waals surface area contributed by atoms with Crippen LogP contribution in [0.2, 0.25) is 0 Å². The van der Waals surface area contributed by atoms with E-state index in [1.54, 1.807) is 0 Å². The molecule has 2 aromatic carbocycles. The quantitative estimate of drug-likeness (QED) is 0.842. The van der Waals surface area contributed by atoms with Crippen molar-refractivity contribution in [3.63, 3.8) is 0 Å². The molecule has 6 nitrogen and oxygen atoms in total. The summed E-state index contributed by atoms with van der Waals surface area (Å²) >= 11 is 0. The van der Waals surface area contributed by atoms with Gasteiger partial charge in [0.05, 0.1) is 11.3 Å². The van der Waals surface area contributed by atoms with Crippen molar-refractivity contribution in [1.29, 1.82) is 0 Å². The topological polar surface area (TPSA) is 54.0 Å². The van der Waals surface area contributed by atoms with E-state index in [1.165, 1.54) is 23.1 Å². The molecule has 2 aromatic rings. The molecular formula is C20H20F3N3O3. The van der Waals surface area contributed by atoms with E-state index in [-0.39, 0.29) is 12.5 Å². The van der Waals surface area contributed by atoms with Crippen molar-refractivity contribution in [2.24, 2.45) is 0 Å². The maximum absolute atomic E-state index is 13.1. The number of rotatable bonds is 3. The average molecular weight is 407 g/mol. The molecule has 0 spiro atoms. The second kappa shape index (κ2) is 7.82. The van der Waals surface area contributed by atoms with Gasteiger partial charge in [-0.2, -0.15) is 13.2 Å². The van der Waals surface area contributed by atoms with Gasteiger partial charge in [0.1, 0.15) is 0 Å². The summed E-state index contributed by atoms with van der Waals surface area (Å²) in [7, 11) is 0. The van der Waals surface area contributed by atoms with E-state index in [4.69, 9.17) is 9.47 Å². The van der Waals surface area contributed by atoms with Crippen LogP contribution in [0, 0.1) is 0 Å². The minimum Gasteiger partial charge on any atom is -0.454 e. The zero-order chi connectivity index (χ0) is 20.4. The molecule has 2 aliphatic rings. The van der Waals surface area contributed by atoms with Gasteiger partial charge in [-0.05, 0) is 29.8 Å². The van der Waals surface area contributed by atoms with Crippen LogP contribution >= 0.6 is 0 Å². The highest BCUT2D eigenvalue weighted by Gasteiger charge is 2.34. The van der Waals surface area contributed by atoms with Crippen LogP contribution in [0.5, 0.6) is 11.5 Å². The van der Waals surface area contributed by atoms with Gasteiger partial charge in [0.2, 0.25) is 6.79 Å². The summed E-state index contributed by atoms with van der Waals surface area (Å²) in [5.74, 6) is 1.46. The number of fused-ring (bicyclic) bond motifs is 1. The lowest BCUT2D eigenvalue weighted by Gasteiger charge is -2.34. The van der Waals surface area contributed by atoms with Crippen molar-refractivity contribution >= 4 is 11.7 Å². The normalized spacial score (nSPS) is 16.7. The Balaban J connectivity index is 1.32. The number of alkyl halides is 3. The lowest BCUT2D eigenvalue weighted by atomic mass is 10.1. The van der Waals surface area contributed by atoms with Gasteiger partial charge < -0.3 is 19.7 Å². The third kappa shape index (κ3) is 4.40. The number of carbonyl (C=O) groups is 1. The number of nitrogens with one attached hydrogen (secondary N) is 1. The first-order valence-electron chi connectivity index (χ1n) is 9.23. The predicted octanol–water partition coefficient (Wildman–Crippen LogP) is 3.78. The first-order chi connectivity index (χ1) is 13.9. The Bertz CT molecular complexity index is 896. The Morgan fingerprint density at radius 1 is 1.00 bits per heavy atom. The Morgan fingerprint density at radius 3 is 2.48 bits per heavy atom. The van der Waals surface area contributed by atoms with Gasteiger partial charge in [-0.3, -0.25) is 4.90 Å². The standard InChI is InChI=1S/C20H20F3N3O3/c21-20(22,23)15-3-1-2-4-16(15)24-19(27)26-9-7-25(8-10-26)12-14-5-6-17-18(11-14)29-13-28-17/h1-6,11H,7-10,12-13H2,(H,24,27). The van der Waals surface area contributed by atoms with Crippen LogP contribution in [0.1, 0.15) is 11.1 Å². The average Bonchev–Trinajstić information content (AvgIpc) is 3.16. The number of piperazine rings is 1. The number of nitrogens with zero attached hydrogens (tertiary/aromatic N) is 2. The molecule has 29 heavy (non-hydrogen) atoms. The Kier molecular flexibility index (Phi) is 5.23. The summed E-state index contributed by atoms with van der Waals surface area (Å²) in [6.45, 7) is 3.05. The second-order valence-electron chi connectivity index (χ2n) is 6.92. The summed E-state index contributed by atoms with van der Waals surface area (Å²) < 4.78 is 50.0. The van der Waals surface area contributed by atoms with E-state index in [9.17, 15) is 18.0 Å². The molecule has 9 heteroatoms. The monoisotopic (exact) mass is 407 g/mol. The Labute approximate surface area is 165 Å². The fraction of sp³-hybridized carbons (Fsp3) is 0.350. The van der Waals surface area contributed by atoms with Crippen molar-refractivity contribution in [2.75, 3.05) is 38.3 Å². The lowest BCUT2D eigenvalue weighted by Crippen LogP contribution is -2.49. The van der Waals surface area contributed by atoms with E-state index in [2.05, 4.69) is 10.2 Å². The third-order valence-electron chi connectivity index (χ3n) is 4.98. The van der Waals surface area contributed by atoms with Gasteiger partial charge >= 0.3 is 12.2 Å². The number of hydrogen-bond donors (Lipinski definition) is 1. The van der Waals surface area contributed by atoms with Crippen molar-refractivity contribution in [2.45, 2.75) is 12.7 Å². The molecule has 0 aliphatic carbocycles. The van der Waals surface area contributed by atoms with Gasteiger partial charge in [0.15, 0.2) is 11.5 Å². The highest BCUT2D eigenvalue weighted by molar-refractivity contribution is 5.90. The number of hydrogen-bond acceptors (Lipinski definition) is 4. The molecule has 4 rings (SSSR count). The number of ether oxygens (including phenoxy) is 2. The van der Waals surface area contributed by atoms with E-state index in [1.807, 2.05) is 18.2 Å². The first-order valence-corrected chi connectivity index (χ1v) is 9.23. The van der Waals surface area contributed by atoms with Crippen molar-refractivity contribution in [3.8, 4) is 11.5 Å². The zero-order valence-corrected chi connectivity index (χ0v) is 15.5. The number of para-hydroxylation sites is 1. The first kappa shape index (κ1) is 19.4. The molecule has 1 fully saturated rings. The van der Waals surface area contributed by atoms with Gasteiger partial charge in [-0.1, -0.05) is 18.2 Å². The van der Waals surface area contributed by atoms with Crippen LogP contribution in [0.3, 0.4) is 0 Å². The summed E-state index contributed by atoms with van der Waals surface area (Å²) in [6.07, 6.45) is -4.52. The lowest BCUT2D eigenvalue weighted by molar-refractivity contribution is -0.136. The number of carbonyl (C=O) groups excluding carboxylic acids is 1. The Hall–Kier alpha value is -2.94. The predicted molar refractivity (Wildman–Crippen MR) is 99.9 cm³/mol. The molecule has 2 amide bonds. The van der Waals surface area contributed by atoms with E-state index >= 15 is 0 Å². The van der Waals surface area contributed by atoms with E-state index in [0.717, 1.165) is 23.1 Å². The molecule has 0 aromatic heterocycles. The zero-order valence-electron chi connectivity index (χ0n) is 15.5. The third-order valence-corrected chi connectivity index (χ3v) is 4.98. The maximum atomic E-state index is 13.1. The number of halogens is 3. The summed E-state index contributed by atoms with van der Waals surface area (Å²) in [6, 6.07) is 10.2. The van der Waals surface area contributed by atoms with E-state index < -0.39 is 17.8 Å². The molecule has 0 radical (unpaired) electrons. The van der Waals surface area contributed by atoms with Gasteiger partial charge in [-0.15, -0.1) is 0 Å². The number of amides is 2. The second-order valence-corrected chi connectivity index (χ2v) is 6.92. The largest absolute Gasteiger partial charge is 0.454 e. The smallest absolute Gasteiger partial charge is 0.418 e. The van der Waals surface area contributed by atoms with Crippen LogP contribution in [0.15, 0.2) is 42.5 Å². The molecule has 154 valence electrons. The molecule has 0 atom stereocenters. The van der Waals surface area contributed by atoms with Crippen LogP contribution in [-0.4, -0.2) is 48.8 Å². The minimum absolute atomic E-state index is 0.226. The fourth-order valence-corrected chi connectivity index (χ4v) is 3.44. The maximum Gasteiger partial charge on any atom is 0.418 e. The van der Waals surface area contributed by atoms with Crippen LogP contribution < -0.4 is 14.8 Å². The molecule has 1 N–H and O–H groups in total. The Morgan fingerprint density at radius 2 is 1.72 bits per heavy atom. The van der Waals surface area contributed by atoms with Gasteiger partial charge in [0, 0.05) is 32.7 Å². The van der Waals surface area contributed by atoms with Crippen LogP contribution in [0.4, 0.5) is 23.7 Å². The molecule has 2 aliphatic heterocycles. The minimum atomic E-state index is -4.52. The highest BCUT2D eigenvalue weighted by Crippen LogP contribution is 2.35. The van der Waals surface area contributed by atoms with Crippen molar-refractivity contribution < 1.29 is 27.4 Å². The molecular weight excluding hydrogens is 387 g/mol. The van der Waals surface area contributed by atoms with Crippen molar-refractivity contribution in [3.05, 3.63) is 53.6 Å². The van der Waals surface area contributed by atoms with E-state index in [0.29, 0.717) is 32.7 Å². The summed E-state index contributed by atoms with van der Waals surface area (Å²) in [5.41, 5.74) is -0.00570. The summed E-state index contributed by atoms with van der Waals surface area (Å²) in [4.78, 5) is 16.2. The highest BCUT2D eigenvalue weighted by atomic mass is 19.4. The number of urea groups is 1.